The van der Waals surface area contributed by atoms with Crippen molar-refractivity contribution in [3.63, 3.8) is 0 Å². The van der Waals surface area contributed by atoms with Crippen LogP contribution in [0.3, 0.4) is 0 Å². The van der Waals surface area contributed by atoms with E-state index in [0.29, 0.717) is 5.56 Å². The Balaban J connectivity index is 0.000000980. The second-order valence-corrected chi connectivity index (χ2v) is 4.23. The number of benzene rings is 1. The molecule has 2 rings (SSSR count). The fourth-order valence-electron chi connectivity index (χ4n) is 1.17. The molecule has 0 aromatic heterocycles. The molecule has 0 saturated carbocycles. The van der Waals surface area contributed by atoms with E-state index < -0.39 is 10.0 Å². The third-order valence-electron chi connectivity index (χ3n) is 1.76. The summed E-state index contributed by atoms with van der Waals surface area (Å²) in [6.45, 7) is 0. The van der Waals surface area contributed by atoms with E-state index in [9.17, 15) is 8.42 Å². The van der Waals surface area contributed by atoms with Crippen LogP contribution in [0.25, 0.3) is 6.08 Å². The van der Waals surface area contributed by atoms with E-state index in [4.69, 9.17) is 0 Å². The Morgan fingerprint density at radius 3 is 2.64 bits per heavy atom. The summed E-state index contributed by atoms with van der Waals surface area (Å²) in [5, 5.41) is 0. The zero-order valence-electron chi connectivity index (χ0n) is 7.12. The van der Waals surface area contributed by atoms with Gasteiger partial charge < -0.3 is 0 Å². The van der Waals surface area contributed by atoms with E-state index >= 15 is 0 Å². The smallest absolute Gasteiger partial charge is 0.199 e. The molecule has 14 heavy (non-hydrogen) atoms. The lowest BCUT2D eigenvalue weighted by atomic mass is 10.2. The van der Waals surface area contributed by atoms with Gasteiger partial charge in [-0.2, -0.15) is 12.8 Å². The normalized spacial score (nSPS) is 16.6. The van der Waals surface area contributed by atoms with Gasteiger partial charge >= 0.3 is 0 Å². The highest BCUT2D eigenvalue weighted by Crippen LogP contribution is 2.20. The predicted molar refractivity (Wildman–Crippen MR) is 58.4 cm³/mol. The van der Waals surface area contributed by atoms with Gasteiger partial charge in [0.15, 0.2) is 0 Å². The summed E-state index contributed by atoms with van der Waals surface area (Å²) in [6, 6.07) is 6.78. The Morgan fingerprint density at radius 2 is 1.86 bits per heavy atom. The summed E-state index contributed by atoms with van der Waals surface area (Å²) in [5.74, 6) is 0. The molecule has 0 atom stereocenters. The van der Waals surface area contributed by atoms with E-state index in [1.54, 1.807) is 36.4 Å². The van der Waals surface area contributed by atoms with Crippen LogP contribution in [0.2, 0.25) is 0 Å². The number of sulfonamides is 1. The van der Waals surface area contributed by atoms with Crippen molar-refractivity contribution in [2.75, 3.05) is 0 Å². The third-order valence-corrected chi connectivity index (χ3v) is 3.09. The molecule has 0 bridgehead atoms. The first-order chi connectivity index (χ1) is 6.20. The van der Waals surface area contributed by atoms with E-state index in [2.05, 4.69) is 4.40 Å². The molecule has 3 nitrogen and oxygen atoms in total. The largest absolute Gasteiger partial charge is 0.282 e. The van der Waals surface area contributed by atoms with Gasteiger partial charge in [0, 0.05) is 6.21 Å². The molecule has 1 aromatic rings. The van der Waals surface area contributed by atoms with Crippen LogP contribution >= 0.6 is 12.4 Å². The summed E-state index contributed by atoms with van der Waals surface area (Å²) in [4.78, 5) is 0.264. The van der Waals surface area contributed by atoms with Crippen LogP contribution in [0.15, 0.2) is 39.6 Å². The van der Waals surface area contributed by atoms with E-state index in [1.807, 2.05) is 0 Å². The van der Waals surface area contributed by atoms with Crippen LogP contribution in [-0.4, -0.2) is 14.6 Å². The van der Waals surface area contributed by atoms with Crippen LogP contribution in [0, 0.1) is 0 Å². The molecule has 74 valence electrons. The van der Waals surface area contributed by atoms with Crippen molar-refractivity contribution < 1.29 is 8.42 Å². The molecule has 0 saturated heterocycles. The molecule has 0 aliphatic carbocycles. The number of allylic oxidation sites excluding steroid dienone is 1. The minimum absolute atomic E-state index is 0. The summed E-state index contributed by atoms with van der Waals surface area (Å²) in [6.07, 6.45) is 4.63. The van der Waals surface area contributed by atoms with Crippen molar-refractivity contribution >= 4 is 34.7 Å². The lowest BCUT2D eigenvalue weighted by Crippen LogP contribution is -1.97. The van der Waals surface area contributed by atoms with Gasteiger partial charge in [0.2, 0.25) is 0 Å². The number of rotatable bonds is 0. The van der Waals surface area contributed by atoms with Gasteiger partial charge in [-0.25, -0.2) is 0 Å². The van der Waals surface area contributed by atoms with Gasteiger partial charge in [-0.15, -0.1) is 12.4 Å². The molecule has 1 aromatic carbocycles. The molecule has 0 radical (unpaired) electrons. The maximum Gasteiger partial charge on any atom is 0.282 e. The van der Waals surface area contributed by atoms with Crippen LogP contribution in [-0.2, 0) is 10.0 Å². The Morgan fingerprint density at radius 1 is 1.14 bits per heavy atom. The molecule has 1 aliphatic rings. The lowest BCUT2D eigenvalue weighted by Gasteiger charge is -2.00. The first kappa shape index (κ1) is 10.9. The molecule has 0 spiro atoms. The van der Waals surface area contributed by atoms with Gasteiger partial charge in [-0.3, -0.25) is 0 Å². The summed E-state index contributed by atoms with van der Waals surface area (Å²) in [5.41, 5.74) is 0.681. The first-order valence-corrected chi connectivity index (χ1v) is 5.20. The standard InChI is InChI=1S/C9H7NO2S.ClH/c11-13(12)9-6-2-1-4-8(9)5-3-7-10-13;/h1-7H;1H. The van der Waals surface area contributed by atoms with Gasteiger partial charge in [0.25, 0.3) is 10.0 Å². The predicted octanol–water partition coefficient (Wildman–Crippen LogP) is 1.89. The van der Waals surface area contributed by atoms with Crippen LogP contribution < -0.4 is 0 Å². The molecule has 1 heterocycles. The lowest BCUT2D eigenvalue weighted by molar-refractivity contribution is 0.598. The summed E-state index contributed by atoms with van der Waals surface area (Å²) >= 11 is 0. The second kappa shape index (κ2) is 3.94. The summed E-state index contributed by atoms with van der Waals surface area (Å²) in [7, 11) is -3.47. The maximum absolute atomic E-state index is 11.5. The Hall–Kier alpha value is -1.13. The molecule has 1 aliphatic heterocycles. The van der Waals surface area contributed by atoms with Gasteiger partial charge in [-0.1, -0.05) is 24.3 Å². The van der Waals surface area contributed by atoms with Crippen molar-refractivity contribution in [1.82, 2.24) is 0 Å². The fraction of sp³-hybridized carbons (Fsp3) is 0. The number of hydrogen-bond donors (Lipinski definition) is 0. The molecular formula is C9H8ClNO2S. The second-order valence-electron chi connectivity index (χ2n) is 2.63. The average Bonchev–Trinajstić information content (AvgIpc) is 2.26. The van der Waals surface area contributed by atoms with Gasteiger partial charge in [0.05, 0.1) is 4.90 Å². The van der Waals surface area contributed by atoms with Crippen LogP contribution in [0.1, 0.15) is 5.56 Å². The molecule has 0 N–H and O–H groups in total. The first-order valence-electron chi connectivity index (χ1n) is 3.76. The number of halogens is 1. The number of fused-ring (bicyclic) bond motifs is 1. The van der Waals surface area contributed by atoms with Crippen molar-refractivity contribution in [1.29, 1.82) is 0 Å². The topological polar surface area (TPSA) is 46.5 Å². The number of nitrogens with zero attached hydrogens (tertiary/aromatic N) is 1. The minimum Gasteiger partial charge on any atom is -0.199 e. The monoisotopic (exact) mass is 229 g/mol. The number of hydrogen-bond acceptors (Lipinski definition) is 2. The highest BCUT2D eigenvalue weighted by Gasteiger charge is 2.15. The quantitative estimate of drug-likeness (QED) is 0.682. The highest BCUT2D eigenvalue weighted by atomic mass is 35.5. The maximum atomic E-state index is 11.5. The highest BCUT2D eigenvalue weighted by molar-refractivity contribution is 7.90. The third kappa shape index (κ3) is 1.86. The minimum atomic E-state index is -3.47. The Labute approximate surface area is 88.6 Å². The molecule has 0 amide bonds. The SMILES string of the molecule is Cl.O=S1(=O)N=CC=Cc2ccccc21. The van der Waals surface area contributed by atoms with Crippen molar-refractivity contribution in [2.24, 2.45) is 4.40 Å². The molecule has 0 fully saturated rings. The van der Waals surface area contributed by atoms with Crippen LogP contribution in [0.4, 0.5) is 0 Å². The summed E-state index contributed by atoms with van der Waals surface area (Å²) < 4.78 is 26.4. The zero-order chi connectivity index (χ0) is 9.31. The zero-order valence-corrected chi connectivity index (χ0v) is 8.75. The molecular weight excluding hydrogens is 222 g/mol. The van der Waals surface area contributed by atoms with Gasteiger partial charge in [-0.05, 0) is 17.7 Å². The van der Waals surface area contributed by atoms with Crippen molar-refractivity contribution in [3.05, 3.63) is 35.9 Å². The Bertz CT molecular complexity index is 491. The van der Waals surface area contributed by atoms with Crippen molar-refractivity contribution in [3.8, 4) is 0 Å². The van der Waals surface area contributed by atoms with Crippen LogP contribution in [0.5, 0.6) is 0 Å². The Kier molecular flexibility index (Phi) is 3.08. The van der Waals surface area contributed by atoms with Crippen molar-refractivity contribution in [2.45, 2.75) is 4.90 Å². The fourth-order valence-corrected chi connectivity index (χ4v) is 2.20. The molecule has 5 heteroatoms. The molecule has 0 unspecified atom stereocenters. The van der Waals surface area contributed by atoms with Gasteiger partial charge in [0.1, 0.15) is 0 Å². The van der Waals surface area contributed by atoms with E-state index in [0.717, 1.165) is 0 Å². The van der Waals surface area contributed by atoms with E-state index in [1.165, 1.54) is 6.21 Å². The van der Waals surface area contributed by atoms with E-state index in [-0.39, 0.29) is 17.3 Å². The average molecular weight is 230 g/mol.